The van der Waals surface area contributed by atoms with Gasteiger partial charge in [0.2, 0.25) is 0 Å². The smallest absolute Gasteiger partial charge is 0.144 e. The summed E-state index contributed by atoms with van der Waals surface area (Å²) in [5, 5.41) is -0.134. The van der Waals surface area contributed by atoms with Crippen molar-refractivity contribution in [2.75, 3.05) is 13.6 Å². The van der Waals surface area contributed by atoms with E-state index in [0.29, 0.717) is 11.6 Å². The highest BCUT2D eigenvalue weighted by molar-refractivity contribution is 6.31. The zero-order valence-corrected chi connectivity index (χ0v) is 13.6. The lowest BCUT2D eigenvalue weighted by Crippen LogP contribution is -2.30. The summed E-state index contributed by atoms with van der Waals surface area (Å²) in [7, 11) is 2.12. The van der Waals surface area contributed by atoms with Gasteiger partial charge in [-0.15, -0.1) is 11.6 Å². The third-order valence-corrected chi connectivity index (χ3v) is 4.73. The summed E-state index contributed by atoms with van der Waals surface area (Å²) in [6.07, 6.45) is 2.34. The highest BCUT2D eigenvalue weighted by atomic mass is 35.5. The molecule has 0 saturated carbocycles. The number of imidazole rings is 1. The Labute approximate surface area is 133 Å². The maximum absolute atomic E-state index is 13.8. The number of benzene rings is 1. The number of fused-ring (bicyclic) bond motifs is 1. The molecule has 1 aliphatic rings. The molecule has 3 nitrogen and oxygen atoms in total. The van der Waals surface area contributed by atoms with E-state index in [1.807, 2.05) is 11.5 Å². The van der Waals surface area contributed by atoms with Crippen LogP contribution in [0.2, 0.25) is 5.02 Å². The molecule has 2 aromatic rings. The lowest BCUT2D eigenvalue weighted by atomic mass is 10.2. The second-order valence-electron chi connectivity index (χ2n) is 5.73. The van der Waals surface area contributed by atoms with Gasteiger partial charge in [0.25, 0.3) is 0 Å². The van der Waals surface area contributed by atoms with Crippen molar-refractivity contribution in [3.05, 3.63) is 28.8 Å². The first kappa shape index (κ1) is 15.1. The molecular formula is C15H18Cl2FN3. The molecule has 2 atom stereocenters. The summed E-state index contributed by atoms with van der Waals surface area (Å²) in [5.41, 5.74) is 1.46. The molecule has 1 aromatic heterocycles. The van der Waals surface area contributed by atoms with E-state index in [-0.39, 0.29) is 10.4 Å². The number of likely N-dealkylation sites (tertiary alicyclic amines) is 1. The zero-order chi connectivity index (χ0) is 15.1. The van der Waals surface area contributed by atoms with Crippen LogP contribution in [0.15, 0.2) is 12.1 Å². The molecule has 0 bridgehead atoms. The van der Waals surface area contributed by atoms with Gasteiger partial charge >= 0.3 is 0 Å². The summed E-state index contributed by atoms with van der Waals surface area (Å²) in [6, 6.07) is 3.47. The third-order valence-electron chi connectivity index (χ3n) is 4.24. The lowest BCUT2D eigenvalue weighted by molar-refractivity contribution is 0.282. The van der Waals surface area contributed by atoms with Crippen molar-refractivity contribution >= 4 is 34.2 Å². The van der Waals surface area contributed by atoms with E-state index in [1.54, 1.807) is 6.07 Å². The fraction of sp³-hybridized carbons (Fsp3) is 0.533. The molecule has 21 heavy (non-hydrogen) atoms. The van der Waals surface area contributed by atoms with Gasteiger partial charge in [0, 0.05) is 18.7 Å². The number of likely N-dealkylation sites (N-methyl/N-ethyl adjacent to an activating group) is 1. The summed E-state index contributed by atoms with van der Waals surface area (Å²) in [5.74, 6) is 0.354. The van der Waals surface area contributed by atoms with Crippen molar-refractivity contribution in [3.63, 3.8) is 0 Å². The monoisotopic (exact) mass is 329 g/mol. The minimum atomic E-state index is -0.418. The van der Waals surface area contributed by atoms with E-state index in [2.05, 4.69) is 16.9 Å². The van der Waals surface area contributed by atoms with Gasteiger partial charge in [-0.05, 0) is 39.4 Å². The molecule has 1 aromatic carbocycles. The molecule has 0 spiro atoms. The molecule has 6 heteroatoms. The van der Waals surface area contributed by atoms with Crippen LogP contribution in [0.25, 0.3) is 11.0 Å². The molecule has 0 N–H and O–H groups in total. The Morgan fingerprint density at radius 2 is 2.24 bits per heavy atom. The normalized spacial score (nSPS) is 21.3. The van der Waals surface area contributed by atoms with E-state index in [9.17, 15) is 4.39 Å². The Bertz CT molecular complexity index is 668. The molecule has 114 valence electrons. The van der Waals surface area contributed by atoms with Gasteiger partial charge in [-0.3, -0.25) is 0 Å². The first-order valence-electron chi connectivity index (χ1n) is 7.17. The van der Waals surface area contributed by atoms with Crippen molar-refractivity contribution in [1.82, 2.24) is 14.5 Å². The van der Waals surface area contributed by atoms with Crippen LogP contribution in [0, 0.1) is 5.82 Å². The van der Waals surface area contributed by atoms with Crippen LogP contribution in [0.4, 0.5) is 4.39 Å². The van der Waals surface area contributed by atoms with Crippen LogP contribution in [-0.2, 0) is 6.54 Å². The standard InChI is InChI=1S/C15H18Cl2FN3/c1-9(16)15-19-13-6-11(17)12(18)7-14(13)21(15)8-10-4-3-5-20(10)2/h6-7,9-10H,3-5,8H2,1-2H3. The van der Waals surface area contributed by atoms with Crippen LogP contribution in [0.1, 0.15) is 31.0 Å². The molecule has 0 aliphatic carbocycles. The van der Waals surface area contributed by atoms with Crippen LogP contribution >= 0.6 is 23.2 Å². The highest BCUT2D eigenvalue weighted by Crippen LogP contribution is 2.29. The van der Waals surface area contributed by atoms with Gasteiger partial charge in [-0.1, -0.05) is 11.6 Å². The van der Waals surface area contributed by atoms with Gasteiger partial charge < -0.3 is 9.47 Å². The van der Waals surface area contributed by atoms with Gasteiger partial charge in [0.1, 0.15) is 11.6 Å². The molecule has 1 saturated heterocycles. The van der Waals surface area contributed by atoms with Crippen LogP contribution in [0.3, 0.4) is 0 Å². The van der Waals surface area contributed by atoms with Crippen molar-refractivity contribution in [1.29, 1.82) is 0 Å². The number of aromatic nitrogens is 2. The minimum absolute atomic E-state index is 0.0962. The van der Waals surface area contributed by atoms with Crippen molar-refractivity contribution in [2.24, 2.45) is 0 Å². The van der Waals surface area contributed by atoms with E-state index in [4.69, 9.17) is 23.2 Å². The number of hydrogen-bond donors (Lipinski definition) is 0. The Morgan fingerprint density at radius 1 is 1.48 bits per heavy atom. The first-order chi connectivity index (χ1) is 9.97. The molecule has 0 radical (unpaired) electrons. The number of hydrogen-bond acceptors (Lipinski definition) is 2. The van der Waals surface area contributed by atoms with Crippen molar-refractivity contribution in [2.45, 2.75) is 37.7 Å². The van der Waals surface area contributed by atoms with Crippen molar-refractivity contribution < 1.29 is 4.39 Å². The number of rotatable bonds is 3. The summed E-state index contributed by atoms with van der Waals surface area (Å²) in [6.45, 7) is 3.76. The number of halogens is 3. The van der Waals surface area contributed by atoms with E-state index in [0.717, 1.165) is 30.9 Å². The summed E-state index contributed by atoms with van der Waals surface area (Å²) < 4.78 is 15.9. The molecule has 0 amide bonds. The van der Waals surface area contributed by atoms with Crippen molar-refractivity contribution in [3.8, 4) is 0 Å². The average molecular weight is 330 g/mol. The van der Waals surface area contributed by atoms with E-state index < -0.39 is 5.82 Å². The SMILES string of the molecule is CC(Cl)c1nc2cc(Cl)c(F)cc2n1CC1CCCN1C. The van der Waals surface area contributed by atoms with Gasteiger partial charge in [-0.2, -0.15) is 0 Å². The van der Waals surface area contributed by atoms with Gasteiger partial charge in [0.05, 0.1) is 21.4 Å². The summed E-state index contributed by atoms with van der Waals surface area (Å²) >= 11 is 12.1. The predicted octanol–water partition coefficient (Wildman–Crippen LogP) is 4.22. The fourth-order valence-corrected chi connectivity index (χ4v) is 3.38. The molecule has 2 heterocycles. The van der Waals surface area contributed by atoms with E-state index in [1.165, 1.54) is 12.5 Å². The fourth-order valence-electron chi connectivity index (χ4n) is 3.06. The van der Waals surface area contributed by atoms with Crippen LogP contribution in [-0.4, -0.2) is 34.1 Å². The third kappa shape index (κ3) is 2.77. The van der Waals surface area contributed by atoms with Crippen LogP contribution < -0.4 is 0 Å². The molecule has 1 fully saturated rings. The number of alkyl halides is 1. The highest BCUT2D eigenvalue weighted by Gasteiger charge is 2.25. The van der Waals surface area contributed by atoms with Gasteiger partial charge in [0.15, 0.2) is 0 Å². The van der Waals surface area contributed by atoms with Gasteiger partial charge in [-0.25, -0.2) is 9.37 Å². The first-order valence-corrected chi connectivity index (χ1v) is 7.98. The predicted molar refractivity (Wildman–Crippen MR) is 84.6 cm³/mol. The molecule has 1 aliphatic heterocycles. The largest absolute Gasteiger partial charge is 0.325 e. The van der Waals surface area contributed by atoms with Crippen LogP contribution in [0.5, 0.6) is 0 Å². The topological polar surface area (TPSA) is 21.1 Å². The molecule has 2 unspecified atom stereocenters. The lowest BCUT2D eigenvalue weighted by Gasteiger charge is -2.22. The summed E-state index contributed by atoms with van der Waals surface area (Å²) in [4.78, 5) is 6.88. The maximum Gasteiger partial charge on any atom is 0.144 e. The Morgan fingerprint density at radius 3 is 2.86 bits per heavy atom. The second-order valence-corrected chi connectivity index (χ2v) is 6.79. The Kier molecular flexibility index (Phi) is 4.12. The average Bonchev–Trinajstić information content (AvgIpc) is 2.97. The second kappa shape index (κ2) is 5.75. The van der Waals surface area contributed by atoms with E-state index >= 15 is 0 Å². The maximum atomic E-state index is 13.8. The number of nitrogens with zero attached hydrogens (tertiary/aromatic N) is 3. The molecule has 3 rings (SSSR count). The Hall–Kier alpha value is -0.840. The zero-order valence-electron chi connectivity index (χ0n) is 12.1. The molecular weight excluding hydrogens is 312 g/mol. The Balaban J connectivity index is 2.09. The minimum Gasteiger partial charge on any atom is -0.325 e. The quantitative estimate of drug-likeness (QED) is 0.786.